The monoisotopic (exact) mass is 221 g/mol. The Morgan fingerprint density at radius 1 is 1.38 bits per heavy atom. The number of carbonyl (C=O) groups excluding carboxylic acids is 1. The maximum atomic E-state index is 13.4. The normalized spacial score (nSPS) is 17.3. The van der Waals surface area contributed by atoms with Gasteiger partial charge in [-0.2, -0.15) is 5.26 Å². The second-order valence-electron chi connectivity index (χ2n) is 4.00. The van der Waals surface area contributed by atoms with Gasteiger partial charge in [0.05, 0.1) is 11.6 Å². The van der Waals surface area contributed by atoms with Crippen LogP contribution in [-0.4, -0.2) is 5.78 Å². The Morgan fingerprint density at radius 3 is 2.50 bits per heavy atom. The highest BCUT2D eigenvalue weighted by molar-refractivity contribution is 6.03. The number of benzene rings is 1. The lowest BCUT2D eigenvalue weighted by molar-refractivity contribution is 0.0744. The molecule has 0 aromatic heterocycles. The van der Waals surface area contributed by atoms with Gasteiger partial charge in [-0.1, -0.05) is 0 Å². The summed E-state index contributed by atoms with van der Waals surface area (Å²) in [5.74, 6) is -2.15. The van der Waals surface area contributed by atoms with Crippen molar-refractivity contribution in [3.63, 3.8) is 0 Å². The van der Waals surface area contributed by atoms with Crippen molar-refractivity contribution >= 4 is 5.78 Å². The van der Waals surface area contributed by atoms with Gasteiger partial charge in [-0.05, 0) is 31.4 Å². The Bertz CT molecular complexity index is 486. The van der Waals surface area contributed by atoms with Crippen LogP contribution in [-0.2, 0) is 0 Å². The van der Waals surface area contributed by atoms with Crippen LogP contribution in [0.2, 0.25) is 0 Å². The maximum Gasteiger partial charge on any atom is 0.185 e. The highest BCUT2D eigenvalue weighted by Crippen LogP contribution is 2.43. The first-order chi connectivity index (χ1) is 7.59. The first-order valence-electron chi connectivity index (χ1n) is 5.00. The maximum absolute atomic E-state index is 13.4. The van der Waals surface area contributed by atoms with Crippen LogP contribution in [0.3, 0.4) is 0 Å². The molecule has 0 amide bonds. The molecule has 0 saturated heterocycles. The number of hydrogen-bond acceptors (Lipinski definition) is 2. The molecule has 0 atom stereocenters. The lowest BCUT2D eigenvalue weighted by Gasteiger charge is -2.33. The minimum atomic E-state index is -1.08. The third kappa shape index (κ3) is 1.49. The standard InChI is InChI=1S/C12H9F2NO/c13-8-2-3-9(10(14)6-8)11(16)12(7-15)4-1-5-12/h2-3,6H,1,4-5H2. The molecular formula is C12H9F2NO. The Morgan fingerprint density at radius 2 is 2.06 bits per heavy atom. The fourth-order valence-electron chi connectivity index (χ4n) is 1.85. The summed E-state index contributed by atoms with van der Waals surface area (Å²) in [6, 6.07) is 4.74. The van der Waals surface area contributed by atoms with E-state index in [1.165, 1.54) is 0 Å². The van der Waals surface area contributed by atoms with Crippen LogP contribution in [0.15, 0.2) is 18.2 Å². The largest absolute Gasteiger partial charge is 0.292 e. The van der Waals surface area contributed by atoms with E-state index in [9.17, 15) is 13.6 Å². The number of halogens is 2. The van der Waals surface area contributed by atoms with E-state index in [2.05, 4.69) is 0 Å². The number of hydrogen-bond donors (Lipinski definition) is 0. The van der Waals surface area contributed by atoms with Crippen LogP contribution < -0.4 is 0 Å². The molecule has 1 aromatic rings. The lowest BCUT2D eigenvalue weighted by atomic mass is 9.65. The van der Waals surface area contributed by atoms with Crippen molar-refractivity contribution in [3.05, 3.63) is 35.4 Å². The molecule has 1 aliphatic carbocycles. The zero-order valence-electron chi connectivity index (χ0n) is 8.46. The molecule has 4 heteroatoms. The summed E-state index contributed by atoms with van der Waals surface area (Å²) in [7, 11) is 0. The molecule has 82 valence electrons. The van der Waals surface area contributed by atoms with Crippen molar-refractivity contribution < 1.29 is 13.6 Å². The molecule has 2 rings (SSSR count). The molecule has 1 aliphatic rings. The van der Waals surface area contributed by atoms with Gasteiger partial charge in [0.15, 0.2) is 5.78 Å². The molecule has 0 aliphatic heterocycles. The molecule has 1 fully saturated rings. The molecule has 1 saturated carbocycles. The molecule has 1 aromatic carbocycles. The van der Waals surface area contributed by atoms with Crippen LogP contribution in [0, 0.1) is 28.4 Å². The van der Waals surface area contributed by atoms with Crippen LogP contribution in [0.5, 0.6) is 0 Å². The van der Waals surface area contributed by atoms with Gasteiger partial charge in [0.2, 0.25) is 0 Å². The predicted molar refractivity (Wildman–Crippen MR) is 52.6 cm³/mol. The third-order valence-corrected chi connectivity index (χ3v) is 3.03. The molecule has 2 nitrogen and oxygen atoms in total. The van der Waals surface area contributed by atoms with Gasteiger partial charge >= 0.3 is 0 Å². The van der Waals surface area contributed by atoms with Gasteiger partial charge in [0.1, 0.15) is 17.0 Å². The fraction of sp³-hybridized carbons (Fsp3) is 0.333. The summed E-state index contributed by atoms with van der Waals surface area (Å²) < 4.78 is 26.0. The first-order valence-corrected chi connectivity index (χ1v) is 5.00. The Kier molecular flexibility index (Phi) is 2.47. The van der Waals surface area contributed by atoms with Gasteiger partial charge in [-0.15, -0.1) is 0 Å². The zero-order chi connectivity index (χ0) is 11.8. The second-order valence-corrected chi connectivity index (χ2v) is 4.00. The van der Waals surface area contributed by atoms with E-state index in [0.29, 0.717) is 18.9 Å². The van der Waals surface area contributed by atoms with E-state index in [1.807, 2.05) is 6.07 Å². The minimum Gasteiger partial charge on any atom is -0.292 e. The Balaban J connectivity index is 2.38. The van der Waals surface area contributed by atoms with Crippen molar-refractivity contribution in [2.75, 3.05) is 0 Å². The smallest absolute Gasteiger partial charge is 0.185 e. The molecule has 0 bridgehead atoms. The average Bonchev–Trinajstić information content (AvgIpc) is 2.16. The predicted octanol–water partition coefficient (Wildman–Crippen LogP) is 2.84. The van der Waals surface area contributed by atoms with E-state index in [0.717, 1.165) is 18.6 Å². The van der Waals surface area contributed by atoms with Gasteiger partial charge in [-0.25, -0.2) is 8.78 Å². The van der Waals surface area contributed by atoms with Gasteiger partial charge in [0, 0.05) is 6.07 Å². The SMILES string of the molecule is N#CC1(C(=O)c2ccc(F)cc2F)CCC1. The van der Waals surface area contributed by atoms with Gasteiger partial charge < -0.3 is 0 Å². The molecule has 16 heavy (non-hydrogen) atoms. The summed E-state index contributed by atoms with van der Waals surface area (Å²) in [6.45, 7) is 0. The molecule has 0 heterocycles. The highest BCUT2D eigenvalue weighted by Gasteiger charge is 2.45. The number of Topliss-reactive ketones (excluding diaryl/α,β-unsaturated/α-hetero) is 1. The summed E-state index contributed by atoms with van der Waals surface area (Å²) >= 11 is 0. The van der Waals surface area contributed by atoms with E-state index in [4.69, 9.17) is 5.26 Å². The van der Waals surface area contributed by atoms with E-state index < -0.39 is 22.8 Å². The number of carbonyl (C=O) groups is 1. The van der Waals surface area contributed by atoms with Crippen LogP contribution in [0.1, 0.15) is 29.6 Å². The van der Waals surface area contributed by atoms with E-state index in [1.54, 1.807) is 0 Å². The summed E-state index contributed by atoms with van der Waals surface area (Å²) in [6.07, 6.45) is 1.71. The topological polar surface area (TPSA) is 40.9 Å². The van der Waals surface area contributed by atoms with Crippen LogP contribution >= 0.6 is 0 Å². The third-order valence-electron chi connectivity index (χ3n) is 3.03. The number of rotatable bonds is 2. The quantitative estimate of drug-likeness (QED) is 0.720. The minimum absolute atomic E-state index is 0.192. The first kappa shape index (κ1) is 10.7. The van der Waals surface area contributed by atoms with Gasteiger partial charge in [-0.3, -0.25) is 4.79 Å². The number of nitriles is 1. The highest BCUT2D eigenvalue weighted by atomic mass is 19.1. The van der Waals surface area contributed by atoms with E-state index in [-0.39, 0.29) is 5.56 Å². The van der Waals surface area contributed by atoms with Crippen molar-refractivity contribution in [1.82, 2.24) is 0 Å². The number of nitrogens with zero attached hydrogens (tertiary/aromatic N) is 1. The van der Waals surface area contributed by atoms with Crippen LogP contribution in [0.4, 0.5) is 8.78 Å². The Labute approximate surface area is 91.5 Å². The van der Waals surface area contributed by atoms with Crippen molar-refractivity contribution in [2.24, 2.45) is 5.41 Å². The van der Waals surface area contributed by atoms with Crippen LogP contribution in [0.25, 0.3) is 0 Å². The second kappa shape index (κ2) is 3.67. The molecule has 0 unspecified atom stereocenters. The molecule has 0 radical (unpaired) electrons. The fourth-order valence-corrected chi connectivity index (χ4v) is 1.85. The summed E-state index contributed by atoms with van der Waals surface area (Å²) in [4.78, 5) is 11.9. The van der Waals surface area contributed by atoms with Gasteiger partial charge in [0.25, 0.3) is 0 Å². The average molecular weight is 221 g/mol. The summed E-state index contributed by atoms with van der Waals surface area (Å²) in [5.41, 5.74) is -1.28. The summed E-state index contributed by atoms with van der Waals surface area (Å²) in [5, 5.41) is 8.95. The molecule has 0 spiro atoms. The van der Waals surface area contributed by atoms with Crippen molar-refractivity contribution in [3.8, 4) is 6.07 Å². The van der Waals surface area contributed by atoms with Crippen molar-refractivity contribution in [2.45, 2.75) is 19.3 Å². The Hall–Kier alpha value is -1.76. The zero-order valence-corrected chi connectivity index (χ0v) is 8.46. The molecular weight excluding hydrogens is 212 g/mol. The van der Waals surface area contributed by atoms with E-state index >= 15 is 0 Å². The lowest BCUT2D eigenvalue weighted by Crippen LogP contribution is -2.37. The number of ketones is 1. The molecule has 0 N–H and O–H groups in total. The van der Waals surface area contributed by atoms with Crippen molar-refractivity contribution in [1.29, 1.82) is 5.26 Å².